The first kappa shape index (κ1) is 15.0. The largest absolute Gasteiger partial charge is 0.368 e. The Labute approximate surface area is 130 Å². The standard InChI is InChI=1S/C17H22N2O3/c20-16(13-5-2-1-3-6-13)18-14-8-10-19(11-9-14)17(21)15-7-4-12-22-15/h1-3,5-6,14-15H,4,7-12H2,(H,18,20)/t15-/m1/s1. The van der Waals surface area contributed by atoms with Crippen LogP contribution in [-0.2, 0) is 9.53 Å². The van der Waals surface area contributed by atoms with Crippen molar-refractivity contribution >= 4 is 11.8 Å². The molecule has 5 nitrogen and oxygen atoms in total. The first-order chi connectivity index (χ1) is 10.7. The molecular weight excluding hydrogens is 280 g/mol. The minimum atomic E-state index is -0.240. The Kier molecular flexibility index (Phi) is 4.73. The number of amides is 2. The monoisotopic (exact) mass is 302 g/mol. The van der Waals surface area contributed by atoms with Gasteiger partial charge in [0.2, 0.25) is 0 Å². The number of hydrogen-bond donors (Lipinski definition) is 1. The summed E-state index contributed by atoms with van der Waals surface area (Å²) in [5.74, 6) is 0.0786. The summed E-state index contributed by atoms with van der Waals surface area (Å²) in [5.41, 5.74) is 0.681. The number of rotatable bonds is 3. The predicted molar refractivity (Wildman–Crippen MR) is 82.5 cm³/mol. The first-order valence-electron chi connectivity index (χ1n) is 8.00. The van der Waals surface area contributed by atoms with Crippen molar-refractivity contribution in [2.24, 2.45) is 0 Å². The van der Waals surface area contributed by atoms with Crippen LogP contribution >= 0.6 is 0 Å². The molecule has 5 heteroatoms. The van der Waals surface area contributed by atoms with Gasteiger partial charge in [0.1, 0.15) is 6.10 Å². The first-order valence-corrected chi connectivity index (χ1v) is 8.00. The molecule has 0 aliphatic carbocycles. The summed E-state index contributed by atoms with van der Waals surface area (Å²) >= 11 is 0. The van der Waals surface area contributed by atoms with Crippen molar-refractivity contribution in [1.82, 2.24) is 10.2 Å². The van der Waals surface area contributed by atoms with Gasteiger partial charge in [-0.2, -0.15) is 0 Å². The van der Waals surface area contributed by atoms with E-state index in [1.807, 2.05) is 35.2 Å². The maximum Gasteiger partial charge on any atom is 0.251 e. The number of piperidine rings is 1. The Morgan fingerprint density at radius 3 is 2.45 bits per heavy atom. The minimum Gasteiger partial charge on any atom is -0.368 e. The van der Waals surface area contributed by atoms with Crippen molar-refractivity contribution in [1.29, 1.82) is 0 Å². The van der Waals surface area contributed by atoms with E-state index in [1.165, 1.54) is 0 Å². The molecule has 3 rings (SSSR count). The fourth-order valence-electron chi connectivity index (χ4n) is 3.08. The van der Waals surface area contributed by atoms with Crippen LogP contribution in [-0.4, -0.2) is 48.6 Å². The highest BCUT2D eigenvalue weighted by Crippen LogP contribution is 2.18. The van der Waals surface area contributed by atoms with Crippen molar-refractivity contribution in [3.8, 4) is 0 Å². The maximum absolute atomic E-state index is 12.3. The molecule has 0 unspecified atom stereocenters. The van der Waals surface area contributed by atoms with E-state index < -0.39 is 0 Å². The molecule has 0 aromatic heterocycles. The average molecular weight is 302 g/mol. The van der Waals surface area contributed by atoms with Gasteiger partial charge in [0, 0.05) is 31.3 Å². The number of carbonyl (C=O) groups is 2. The molecule has 0 spiro atoms. The molecule has 0 bridgehead atoms. The van der Waals surface area contributed by atoms with Crippen molar-refractivity contribution in [3.05, 3.63) is 35.9 Å². The Morgan fingerprint density at radius 2 is 1.82 bits per heavy atom. The van der Waals surface area contributed by atoms with Crippen molar-refractivity contribution in [2.75, 3.05) is 19.7 Å². The summed E-state index contributed by atoms with van der Waals surface area (Å²) in [6, 6.07) is 9.37. The second-order valence-corrected chi connectivity index (χ2v) is 5.94. The van der Waals surface area contributed by atoms with Crippen LogP contribution < -0.4 is 5.32 Å². The second-order valence-electron chi connectivity index (χ2n) is 5.94. The minimum absolute atomic E-state index is 0.0375. The molecule has 0 radical (unpaired) electrons. The molecule has 2 saturated heterocycles. The van der Waals surface area contributed by atoms with Crippen LogP contribution in [0.5, 0.6) is 0 Å². The number of benzene rings is 1. The summed E-state index contributed by atoms with van der Waals surface area (Å²) in [6.07, 6.45) is 3.17. The normalized spacial score (nSPS) is 22.5. The van der Waals surface area contributed by atoms with Crippen LogP contribution in [0.15, 0.2) is 30.3 Å². The van der Waals surface area contributed by atoms with Gasteiger partial charge in [0.25, 0.3) is 11.8 Å². The van der Waals surface area contributed by atoms with Crippen LogP contribution in [0.4, 0.5) is 0 Å². The van der Waals surface area contributed by atoms with E-state index in [2.05, 4.69) is 5.32 Å². The highest BCUT2D eigenvalue weighted by molar-refractivity contribution is 5.94. The van der Waals surface area contributed by atoms with Gasteiger partial charge in [-0.25, -0.2) is 0 Å². The lowest BCUT2D eigenvalue weighted by Crippen LogP contribution is -2.49. The van der Waals surface area contributed by atoms with Gasteiger partial charge < -0.3 is 15.0 Å². The Morgan fingerprint density at radius 1 is 1.09 bits per heavy atom. The summed E-state index contributed by atoms with van der Waals surface area (Å²) < 4.78 is 5.46. The maximum atomic E-state index is 12.3. The van der Waals surface area contributed by atoms with Gasteiger partial charge in [0.05, 0.1) is 0 Å². The molecule has 1 N–H and O–H groups in total. The van der Waals surface area contributed by atoms with E-state index in [0.717, 1.165) is 25.7 Å². The van der Waals surface area contributed by atoms with Gasteiger partial charge in [0.15, 0.2) is 0 Å². The SMILES string of the molecule is O=C(NC1CCN(C(=O)[C@H]2CCCO2)CC1)c1ccccc1. The third-order valence-corrected chi connectivity index (χ3v) is 4.38. The zero-order valence-electron chi connectivity index (χ0n) is 12.7. The van der Waals surface area contributed by atoms with E-state index >= 15 is 0 Å². The number of carbonyl (C=O) groups excluding carboxylic acids is 2. The summed E-state index contributed by atoms with van der Waals surface area (Å²) in [5, 5.41) is 3.06. The number of likely N-dealkylation sites (tertiary alicyclic amines) is 1. The molecule has 2 amide bonds. The van der Waals surface area contributed by atoms with Crippen molar-refractivity contribution < 1.29 is 14.3 Å². The molecule has 1 aromatic rings. The van der Waals surface area contributed by atoms with Crippen LogP contribution in [0.25, 0.3) is 0 Å². The smallest absolute Gasteiger partial charge is 0.251 e. The van der Waals surface area contributed by atoms with E-state index in [1.54, 1.807) is 0 Å². The van der Waals surface area contributed by atoms with Crippen LogP contribution in [0.3, 0.4) is 0 Å². The number of nitrogens with zero attached hydrogens (tertiary/aromatic N) is 1. The van der Waals surface area contributed by atoms with E-state index in [-0.39, 0.29) is 24.0 Å². The van der Waals surface area contributed by atoms with Crippen molar-refractivity contribution in [2.45, 2.75) is 37.8 Å². The second kappa shape index (κ2) is 6.92. The molecule has 1 aromatic carbocycles. The third-order valence-electron chi connectivity index (χ3n) is 4.38. The topological polar surface area (TPSA) is 58.6 Å². The van der Waals surface area contributed by atoms with Gasteiger partial charge in [-0.05, 0) is 37.8 Å². The molecule has 0 saturated carbocycles. The lowest BCUT2D eigenvalue weighted by Gasteiger charge is -2.33. The molecule has 2 aliphatic rings. The molecule has 118 valence electrons. The lowest BCUT2D eigenvalue weighted by molar-refractivity contribution is -0.142. The Hall–Kier alpha value is -1.88. The third kappa shape index (κ3) is 3.47. The lowest BCUT2D eigenvalue weighted by atomic mass is 10.0. The van der Waals surface area contributed by atoms with Crippen LogP contribution in [0, 0.1) is 0 Å². The number of nitrogens with one attached hydrogen (secondary N) is 1. The highest BCUT2D eigenvalue weighted by Gasteiger charge is 2.31. The Bertz CT molecular complexity index is 518. The van der Waals surface area contributed by atoms with Crippen LogP contribution in [0.2, 0.25) is 0 Å². The number of ether oxygens (including phenoxy) is 1. The molecule has 2 heterocycles. The predicted octanol–water partition coefficient (Wildman–Crippen LogP) is 1.59. The van der Waals surface area contributed by atoms with Gasteiger partial charge >= 0.3 is 0 Å². The van der Waals surface area contributed by atoms with Gasteiger partial charge in [-0.3, -0.25) is 9.59 Å². The van der Waals surface area contributed by atoms with Crippen molar-refractivity contribution in [3.63, 3.8) is 0 Å². The Balaban J connectivity index is 1.47. The zero-order chi connectivity index (χ0) is 15.4. The summed E-state index contributed by atoms with van der Waals surface area (Å²) in [7, 11) is 0. The molecule has 2 fully saturated rings. The number of hydrogen-bond acceptors (Lipinski definition) is 3. The highest BCUT2D eigenvalue weighted by atomic mass is 16.5. The zero-order valence-corrected chi connectivity index (χ0v) is 12.7. The molecule has 1 atom stereocenters. The molecule has 2 aliphatic heterocycles. The van der Waals surface area contributed by atoms with Crippen LogP contribution in [0.1, 0.15) is 36.0 Å². The molecule has 22 heavy (non-hydrogen) atoms. The summed E-state index contributed by atoms with van der Waals surface area (Å²) in [6.45, 7) is 2.08. The van der Waals surface area contributed by atoms with Gasteiger partial charge in [-0.1, -0.05) is 18.2 Å². The molecular formula is C17H22N2O3. The summed E-state index contributed by atoms with van der Waals surface area (Å²) in [4.78, 5) is 26.3. The van der Waals surface area contributed by atoms with E-state index in [9.17, 15) is 9.59 Å². The quantitative estimate of drug-likeness (QED) is 0.922. The fourth-order valence-corrected chi connectivity index (χ4v) is 3.08. The van der Waals surface area contributed by atoms with Gasteiger partial charge in [-0.15, -0.1) is 0 Å². The van der Waals surface area contributed by atoms with E-state index in [0.29, 0.717) is 25.3 Å². The average Bonchev–Trinajstić information content (AvgIpc) is 3.10. The van der Waals surface area contributed by atoms with E-state index in [4.69, 9.17) is 4.74 Å². The fraction of sp³-hybridized carbons (Fsp3) is 0.529.